The van der Waals surface area contributed by atoms with Crippen LogP contribution in [0.2, 0.25) is 0 Å². The molecule has 0 spiro atoms. The van der Waals surface area contributed by atoms with E-state index in [4.69, 9.17) is 9.47 Å². The van der Waals surface area contributed by atoms with E-state index in [1.54, 1.807) is 24.3 Å². The van der Waals surface area contributed by atoms with Crippen molar-refractivity contribution >= 4 is 17.6 Å². The van der Waals surface area contributed by atoms with Crippen LogP contribution in [0, 0.1) is 6.92 Å². The summed E-state index contributed by atoms with van der Waals surface area (Å²) >= 11 is 0. The Morgan fingerprint density at radius 3 is 2.43 bits per heavy atom. The van der Waals surface area contributed by atoms with E-state index in [1.165, 1.54) is 0 Å². The summed E-state index contributed by atoms with van der Waals surface area (Å²) in [6.45, 7) is 8.55. The molecule has 150 valence electrons. The molecular formula is C23H29NO4. The van der Waals surface area contributed by atoms with Crippen LogP contribution in [0.1, 0.15) is 61.0 Å². The first kappa shape index (κ1) is 21.5. The maximum atomic E-state index is 12.2. The van der Waals surface area contributed by atoms with E-state index in [1.807, 2.05) is 32.0 Å². The fraction of sp³-hybridized carbons (Fsp3) is 0.391. The molecule has 2 aromatic rings. The number of benzene rings is 2. The van der Waals surface area contributed by atoms with Gasteiger partial charge in [0.2, 0.25) is 0 Å². The number of unbranched alkanes of at least 4 members (excludes halogenated alkanes) is 1. The van der Waals surface area contributed by atoms with E-state index in [9.17, 15) is 9.59 Å². The molecule has 28 heavy (non-hydrogen) atoms. The molecule has 0 saturated carbocycles. The number of rotatable bonds is 9. The maximum Gasteiger partial charge on any atom is 0.338 e. The highest BCUT2D eigenvalue weighted by molar-refractivity contribution is 5.93. The predicted molar refractivity (Wildman–Crippen MR) is 111 cm³/mol. The minimum Gasteiger partial charge on any atom is -0.483 e. The van der Waals surface area contributed by atoms with E-state index in [0.29, 0.717) is 23.8 Å². The maximum absolute atomic E-state index is 12.2. The van der Waals surface area contributed by atoms with Crippen LogP contribution in [0.25, 0.3) is 0 Å². The van der Waals surface area contributed by atoms with Crippen molar-refractivity contribution in [1.82, 2.24) is 0 Å². The second-order valence-corrected chi connectivity index (χ2v) is 7.10. The van der Waals surface area contributed by atoms with Crippen LogP contribution in [0.5, 0.6) is 5.75 Å². The summed E-state index contributed by atoms with van der Waals surface area (Å²) < 4.78 is 10.9. The Morgan fingerprint density at radius 1 is 1.07 bits per heavy atom. The van der Waals surface area contributed by atoms with Crippen molar-refractivity contribution in [3.63, 3.8) is 0 Å². The number of anilines is 1. The number of nitrogens with one attached hydrogen (secondary N) is 1. The SMILES string of the molecule is CCCCOC(=O)c1ccc(NC(=O)COc2cc(C)ccc2C(C)C)cc1. The molecule has 0 heterocycles. The van der Waals surface area contributed by atoms with Gasteiger partial charge >= 0.3 is 5.97 Å². The van der Waals surface area contributed by atoms with Gasteiger partial charge in [0.15, 0.2) is 6.61 Å². The Labute approximate surface area is 167 Å². The lowest BCUT2D eigenvalue weighted by Gasteiger charge is -2.15. The van der Waals surface area contributed by atoms with Crippen LogP contribution in [0.3, 0.4) is 0 Å². The van der Waals surface area contributed by atoms with Crippen LogP contribution >= 0.6 is 0 Å². The molecule has 0 aliphatic heterocycles. The first-order valence-electron chi connectivity index (χ1n) is 9.71. The highest BCUT2D eigenvalue weighted by Crippen LogP contribution is 2.27. The van der Waals surface area contributed by atoms with Gasteiger partial charge < -0.3 is 14.8 Å². The van der Waals surface area contributed by atoms with E-state index in [2.05, 4.69) is 19.2 Å². The number of hydrogen-bond donors (Lipinski definition) is 1. The van der Waals surface area contributed by atoms with Gasteiger partial charge in [-0.1, -0.05) is 39.3 Å². The number of aryl methyl sites for hydroxylation is 1. The third-order valence-corrected chi connectivity index (χ3v) is 4.29. The average Bonchev–Trinajstić information content (AvgIpc) is 2.67. The molecule has 2 aromatic carbocycles. The summed E-state index contributed by atoms with van der Waals surface area (Å²) in [6.07, 6.45) is 1.82. The molecule has 0 bridgehead atoms. The monoisotopic (exact) mass is 383 g/mol. The first-order valence-corrected chi connectivity index (χ1v) is 9.71. The Balaban J connectivity index is 1.90. The minimum absolute atomic E-state index is 0.0794. The van der Waals surface area contributed by atoms with Gasteiger partial charge in [-0.15, -0.1) is 0 Å². The highest BCUT2D eigenvalue weighted by Gasteiger charge is 2.11. The van der Waals surface area contributed by atoms with Crippen molar-refractivity contribution in [2.24, 2.45) is 0 Å². The standard InChI is InChI=1S/C23H29NO4/c1-5-6-13-27-23(26)18-8-10-19(11-9-18)24-22(25)15-28-21-14-17(4)7-12-20(21)16(2)3/h7-12,14,16H,5-6,13,15H2,1-4H3,(H,24,25). The summed E-state index contributed by atoms with van der Waals surface area (Å²) in [4.78, 5) is 24.1. The number of hydrogen-bond acceptors (Lipinski definition) is 4. The Hall–Kier alpha value is -2.82. The van der Waals surface area contributed by atoms with Crippen LogP contribution in [0.4, 0.5) is 5.69 Å². The first-order chi connectivity index (χ1) is 13.4. The van der Waals surface area contributed by atoms with Gasteiger partial charge in [0, 0.05) is 5.69 Å². The summed E-state index contributed by atoms with van der Waals surface area (Å²) in [5.74, 6) is 0.434. The molecule has 0 unspecified atom stereocenters. The van der Waals surface area contributed by atoms with Gasteiger partial charge in [0.25, 0.3) is 5.91 Å². The van der Waals surface area contributed by atoms with Gasteiger partial charge in [-0.25, -0.2) is 4.79 Å². The Morgan fingerprint density at radius 2 is 1.79 bits per heavy atom. The Kier molecular flexibility index (Phi) is 8.05. The average molecular weight is 383 g/mol. The number of carbonyl (C=O) groups excluding carboxylic acids is 2. The highest BCUT2D eigenvalue weighted by atomic mass is 16.5. The van der Waals surface area contributed by atoms with Crippen LogP contribution < -0.4 is 10.1 Å². The van der Waals surface area contributed by atoms with Crippen molar-refractivity contribution in [2.75, 3.05) is 18.5 Å². The zero-order valence-corrected chi connectivity index (χ0v) is 17.1. The minimum atomic E-state index is -0.352. The fourth-order valence-electron chi connectivity index (χ4n) is 2.67. The van der Waals surface area contributed by atoms with E-state index in [-0.39, 0.29) is 18.5 Å². The third-order valence-electron chi connectivity index (χ3n) is 4.29. The predicted octanol–water partition coefficient (Wildman–Crippen LogP) is 5.09. The smallest absolute Gasteiger partial charge is 0.338 e. The zero-order chi connectivity index (χ0) is 20.5. The second kappa shape index (κ2) is 10.5. The van der Waals surface area contributed by atoms with Gasteiger partial charge in [0.05, 0.1) is 12.2 Å². The molecule has 0 atom stereocenters. The number of esters is 1. The lowest BCUT2D eigenvalue weighted by atomic mass is 10.0. The van der Waals surface area contributed by atoms with Crippen molar-refractivity contribution in [2.45, 2.75) is 46.5 Å². The van der Waals surface area contributed by atoms with Gasteiger partial charge in [-0.3, -0.25) is 4.79 Å². The molecule has 5 nitrogen and oxygen atoms in total. The summed E-state index contributed by atoms with van der Waals surface area (Å²) in [5.41, 5.74) is 3.23. The molecule has 0 aliphatic carbocycles. The summed E-state index contributed by atoms with van der Waals surface area (Å²) in [5, 5.41) is 2.78. The number of amides is 1. The van der Waals surface area contributed by atoms with Crippen molar-refractivity contribution in [1.29, 1.82) is 0 Å². The second-order valence-electron chi connectivity index (χ2n) is 7.10. The summed E-state index contributed by atoms with van der Waals surface area (Å²) in [6, 6.07) is 12.7. The van der Waals surface area contributed by atoms with E-state index in [0.717, 1.165) is 29.7 Å². The topological polar surface area (TPSA) is 64.6 Å². The van der Waals surface area contributed by atoms with Crippen molar-refractivity contribution < 1.29 is 19.1 Å². The zero-order valence-electron chi connectivity index (χ0n) is 17.1. The largest absolute Gasteiger partial charge is 0.483 e. The molecule has 5 heteroatoms. The van der Waals surface area contributed by atoms with Gasteiger partial charge in [-0.05, 0) is 60.7 Å². The third kappa shape index (κ3) is 6.41. The lowest BCUT2D eigenvalue weighted by molar-refractivity contribution is -0.118. The lowest BCUT2D eigenvalue weighted by Crippen LogP contribution is -2.20. The fourth-order valence-corrected chi connectivity index (χ4v) is 2.67. The molecule has 1 amide bonds. The molecular weight excluding hydrogens is 354 g/mol. The van der Waals surface area contributed by atoms with Gasteiger partial charge in [0.1, 0.15) is 5.75 Å². The molecule has 0 saturated heterocycles. The normalized spacial score (nSPS) is 10.6. The van der Waals surface area contributed by atoms with Crippen LogP contribution in [-0.4, -0.2) is 25.1 Å². The Bertz CT molecular complexity index is 797. The molecule has 0 fully saturated rings. The molecule has 2 rings (SSSR count). The summed E-state index contributed by atoms with van der Waals surface area (Å²) in [7, 11) is 0. The van der Waals surface area contributed by atoms with Crippen LogP contribution in [0.15, 0.2) is 42.5 Å². The number of carbonyl (C=O) groups is 2. The molecule has 0 radical (unpaired) electrons. The number of ether oxygens (including phenoxy) is 2. The van der Waals surface area contributed by atoms with Crippen LogP contribution in [-0.2, 0) is 9.53 Å². The molecule has 1 N–H and O–H groups in total. The van der Waals surface area contributed by atoms with E-state index >= 15 is 0 Å². The molecule has 0 aliphatic rings. The van der Waals surface area contributed by atoms with Crippen molar-refractivity contribution in [3.8, 4) is 5.75 Å². The molecule has 0 aromatic heterocycles. The quantitative estimate of drug-likeness (QED) is 0.484. The van der Waals surface area contributed by atoms with Gasteiger partial charge in [-0.2, -0.15) is 0 Å². The van der Waals surface area contributed by atoms with E-state index < -0.39 is 0 Å². The van der Waals surface area contributed by atoms with Crippen molar-refractivity contribution in [3.05, 3.63) is 59.2 Å².